The van der Waals surface area contributed by atoms with Crippen molar-refractivity contribution in [3.05, 3.63) is 35.9 Å². The normalized spacial score (nSPS) is 15.8. The summed E-state index contributed by atoms with van der Waals surface area (Å²) < 4.78 is 10.1. The molecule has 2 amide bonds. The number of rotatable bonds is 7. The average Bonchev–Trinajstić information content (AvgIpc) is 2.56. The van der Waals surface area contributed by atoms with Gasteiger partial charge < -0.3 is 19.7 Å². The van der Waals surface area contributed by atoms with Crippen LogP contribution in [0, 0.1) is 5.92 Å². The first-order chi connectivity index (χ1) is 10.8. The van der Waals surface area contributed by atoms with E-state index in [2.05, 4.69) is 29.6 Å². The monoisotopic (exact) mass is 306 g/mol. The maximum absolute atomic E-state index is 12.0. The highest BCUT2D eigenvalue weighted by atomic mass is 16.5. The zero-order chi connectivity index (χ0) is 15.6. The second-order valence-corrected chi connectivity index (χ2v) is 5.65. The Kier molecular flexibility index (Phi) is 7.19. The van der Waals surface area contributed by atoms with Crippen LogP contribution in [-0.4, -0.2) is 51.1 Å². The zero-order valence-electron chi connectivity index (χ0n) is 13.3. The molecule has 0 radical (unpaired) electrons. The van der Waals surface area contributed by atoms with Gasteiger partial charge >= 0.3 is 6.03 Å². The van der Waals surface area contributed by atoms with Crippen molar-refractivity contribution >= 4 is 6.03 Å². The molecular weight excluding hydrogens is 280 g/mol. The molecule has 1 N–H and O–H groups in total. The summed E-state index contributed by atoms with van der Waals surface area (Å²) in [5.41, 5.74) is 1.39. The Bertz CT molecular complexity index is 431. The molecule has 2 rings (SSSR count). The summed E-state index contributed by atoms with van der Waals surface area (Å²) in [5.74, 6) is 0.671. The standard InChI is InChI=1S/C17H26N2O3/c1-21-11-12-22-14-18-17(20)19-9-7-16(8-10-19)13-15-5-3-2-4-6-15/h2-6,16H,7-14H2,1H3,(H,18,20). The highest BCUT2D eigenvalue weighted by molar-refractivity contribution is 5.74. The molecule has 0 saturated carbocycles. The van der Waals surface area contributed by atoms with E-state index in [1.165, 1.54) is 5.56 Å². The molecule has 0 aromatic heterocycles. The minimum Gasteiger partial charge on any atom is -0.382 e. The molecule has 22 heavy (non-hydrogen) atoms. The van der Waals surface area contributed by atoms with Crippen molar-refractivity contribution in [1.82, 2.24) is 10.2 Å². The Morgan fingerprint density at radius 2 is 1.95 bits per heavy atom. The lowest BCUT2D eigenvalue weighted by atomic mass is 9.90. The number of urea groups is 1. The van der Waals surface area contributed by atoms with Crippen molar-refractivity contribution < 1.29 is 14.3 Å². The third kappa shape index (κ3) is 5.66. The Morgan fingerprint density at radius 1 is 1.23 bits per heavy atom. The molecule has 1 saturated heterocycles. The van der Waals surface area contributed by atoms with Gasteiger partial charge in [-0.2, -0.15) is 0 Å². The molecule has 0 atom stereocenters. The van der Waals surface area contributed by atoms with Gasteiger partial charge in [0.25, 0.3) is 0 Å². The number of nitrogens with zero attached hydrogens (tertiary/aromatic N) is 1. The average molecular weight is 306 g/mol. The predicted octanol–water partition coefficient (Wildman–Crippen LogP) is 2.27. The van der Waals surface area contributed by atoms with Crippen molar-refractivity contribution in [2.75, 3.05) is 40.1 Å². The van der Waals surface area contributed by atoms with Crippen molar-refractivity contribution in [2.24, 2.45) is 5.92 Å². The fourth-order valence-corrected chi connectivity index (χ4v) is 2.73. The quantitative estimate of drug-likeness (QED) is 0.621. The fraction of sp³-hybridized carbons (Fsp3) is 0.588. The lowest BCUT2D eigenvalue weighted by molar-refractivity contribution is 0.0606. The number of carbonyl (C=O) groups excluding carboxylic acids is 1. The molecule has 1 heterocycles. The van der Waals surface area contributed by atoms with E-state index >= 15 is 0 Å². The first kappa shape index (κ1) is 16.8. The van der Waals surface area contributed by atoms with Gasteiger partial charge in [0, 0.05) is 20.2 Å². The van der Waals surface area contributed by atoms with Crippen molar-refractivity contribution in [3.8, 4) is 0 Å². The summed E-state index contributed by atoms with van der Waals surface area (Å²) in [6.07, 6.45) is 3.23. The topological polar surface area (TPSA) is 50.8 Å². The lowest BCUT2D eigenvalue weighted by Gasteiger charge is -2.32. The van der Waals surface area contributed by atoms with Gasteiger partial charge in [-0.1, -0.05) is 30.3 Å². The van der Waals surface area contributed by atoms with Gasteiger partial charge in [-0.3, -0.25) is 0 Å². The molecule has 0 unspecified atom stereocenters. The largest absolute Gasteiger partial charge is 0.382 e. The smallest absolute Gasteiger partial charge is 0.319 e. The first-order valence-electron chi connectivity index (χ1n) is 7.93. The van der Waals surface area contributed by atoms with E-state index in [9.17, 15) is 4.79 Å². The SMILES string of the molecule is COCCOCNC(=O)N1CCC(Cc2ccccc2)CC1. The van der Waals surface area contributed by atoms with Crippen LogP contribution in [0.5, 0.6) is 0 Å². The van der Waals surface area contributed by atoms with Gasteiger partial charge in [0.2, 0.25) is 0 Å². The Labute approximate surface area is 132 Å². The third-order valence-electron chi connectivity index (χ3n) is 4.03. The molecule has 1 fully saturated rings. The van der Waals surface area contributed by atoms with Gasteiger partial charge in [0.05, 0.1) is 13.2 Å². The van der Waals surface area contributed by atoms with Crippen LogP contribution in [0.3, 0.4) is 0 Å². The molecule has 1 aliphatic rings. The van der Waals surface area contributed by atoms with E-state index in [1.807, 2.05) is 11.0 Å². The molecule has 0 spiro atoms. The highest BCUT2D eigenvalue weighted by Crippen LogP contribution is 2.21. The predicted molar refractivity (Wildman–Crippen MR) is 85.7 cm³/mol. The highest BCUT2D eigenvalue weighted by Gasteiger charge is 2.22. The van der Waals surface area contributed by atoms with Crippen LogP contribution >= 0.6 is 0 Å². The maximum Gasteiger partial charge on any atom is 0.319 e. The molecular formula is C17H26N2O3. The number of piperidine rings is 1. The number of nitrogens with one attached hydrogen (secondary N) is 1. The minimum atomic E-state index is -0.0319. The summed E-state index contributed by atoms with van der Waals surface area (Å²) >= 11 is 0. The number of likely N-dealkylation sites (tertiary alicyclic amines) is 1. The summed E-state index contributed by atoms with van der Waals surface area (Å²) in [6.45, 7) is 2.92. The van der Waals surface area contributed by atoms with E-state index in [1.54, 1.807) is 7.11 Å². The fourth-order valence-electron chi connectivity index (χ4n) is 2.73. The van der Waals surface area contributed by atoms with Crippen LogP contribution < -0.4 is 5.32 Å². The molecule has 5 nitrogen and oxygen atoms in total. The van der Waals surface area contributed by atoms with E-state index in [-0.39, 0.29) is 12.8 Å². The minimum absolute atomic E-state index is 0.0319. The lowest BCUT2D eigenvalue weighted by Crippen LogP contribution is -2.45. The van der Waals surface area contributed by atoms with Crippen LogP contribution in [0.4, 0.5) is 4.79 Å². The molecule has 0 bridgehead atoms. The van der Waals surface area contributed by atoms with E-state index < -0.39 is 0 Å². The molecule has 5 heteroatoms. The van der Waals surface area contributed by atoms with Crippen molar-refractivity contribution in [3.63, 3.8) is 0 Å². The number of carbonyl (C=O) groups is 1. The molecule has 122 valence electrons. The van der Waals surface area contributed by atoms with Crippen LogP contribution in [0.15, 0.2) is 30.3 Å². The third-order valence-corrected chi connectivity index (χ3v) is 4.03. The van der Waals surface area contributed by atoms with Gasteiger partial charge in [0.15, 0.2) is 0 Å². The molecule has 1 aromatic rings. The van der Waals surface area contributed by atoms with Gasteiger partial charge in [-0.25, -0.2) is 4.79 Å². The Balaban J connectivity index is 1.63. The van der Waals surface area contributed by atoms with E-state index in [0.717, 1.165) is 32.4 Å². The molecule has 1 aromatic carbocycles. The number of ether oxygens (including phenoxy) is 2. The number of hydrogen-bond donors (Lipinski definition) is 1. The van der Waals surface area contributed by atoms with Crippen LogP contribution in [0.25, 0.3) is 0 Å². The summed E-state index contributed by atoms with van der Waals surface area (Å²) in [7, 11) is 1.63. The molecule has 1 aliphatic heterocycles. The summed E-state index contributed by atoms with van der Waals surface area (Å²) in [5, 5.41) is 2.79. The van der Waals surface area contributed by atoms with Gasteiger partial charge in [-0.05, 0) is 30.7 Å². The number of hydrogen-bond acceptors (Lipinski definition) is 3. The van der Waals surface area contributed by atoms with E-state index in [0.29, 0.717) is 19.1 Å². The van der Waals surface area contributed by atoms with Crippen LogP contribution in [0.2, 0.25) is 0 Å². The number of benzene rings is 1. The second-order valence-electron chi connectivity index (χ2n) is 5.65. The Morgan fingerprint density at radius 3 is 2.64 bits per heavy atom. The number of methoxy groups -OCH3 is 1. The first-order valence-corrected chi connectivity index (χ1v) is 7.93. The summed E-state index contributed by atoms with van der Waals surface area (Å²) in [4.78, 5) is 13.9. The van der Waals surface area contributed by atoms with Crippen molar-refractivity contribution in [1.29, 1.82) is 0 Å². The summed E-state index contributed by atoms with van der Waals surface area (Å²) in [6, 6.07) is 10.5. The van der Waals surface area contributed by atoms with E-state index in [4.69, 9.17) is 9.47 Å². The van der Waals surface area contributed by atoms with Gasteiger partial charge in [-0.15, -0.1) is 0 Å². The van der Waals surface area contributed by atoms with Crippen LogP contribution in [0.1, 0.15) is 18.4 Å². The Hall–Kier alpha value is -1.59. The van der Waals surface area contributed by atoms with Gasteiger partial charge in [0.1, 0.15) is 6.73 Å². The molecule has 0 aliphatic carbocycles. The number of amides is 2. The van der Waals surface area contributed by atoms with Crippen molar-refractivity contribution in [2.45, 2.75) is 19.3 Å². The maximum atomic E-state index is 12.0. The zero-order valence-corrected chi connectivity index (χ0v) is 13.3. The second kappa shape index (κ2) is 9.43. The van der Waals surface area contributed by atoms with Crippen LogP contribution in [-0.2, 0) is 15.9 Å².